The molecule has 0 N–H and O–H groups in total. The molecule has 0 aliphatic rings. The maximum absolute atomic E-state index is 5.46. The zero-order valence-corrected chi connectivity index (χ0v) is 10.2. The van der Waals surface area contributed by atoms with E-state index >= 15 is 0 Å². The Hall–Kier alpha value is 0.100. The van der Waals surface area contributed by atoms with Crippen molar-refractivity contribution in [3.8, 4) is 0 Å². The molecule has 0 atom stereocenters. The van der Waals surface area contributed by atoms with Gasteiger partial charge in [-0.3, -0.25) is 0 Å². The first-order chi connectivity index (χ1) is 6.29. The predicted molar refractivity (Wildman–Crippen MR) is 58.0 cm³/mol. The Balaban J connectivity index is 2.69. The van der Waals surface area contributed by atoms with E-state index in [2.05, 4.69) is 15.9 Å². The van der Waals surface area contributed by atoms with E-state index in [4.69, 9.17) is 9.47 Å². The summed E-state index contributed by atoms with van der Waals surface area (Å²) in [5.41, 5.74) is 1.08. The molecular weight excluding hydrogens is 252 g/mol. The van der Waals surface area contributed by atoms with Gasteiger partial charge in [-0.2, -0.15) is 11.3 Å². The molecule has 13 heavy (non-hydrogen) atoms. The Morgan fingerprint density at radius 1 is 1.31 bits per heavy atom. The smallest absolute Gasteiger partial charge is 0.185 e. The van der Waals surface area contributed by atoms with Crippen LogP contribution >= 0.6 is 27.3 Å². The first kappa shape index (κ1) is 11.2. The molecule has 0 aliphatic carbocycles. The zero-order chi connectivity index (χ0) is 9.68. The molecule has 4 heteroatoms. The molecule has 0 bridgehead atoms. The van der Waals surface area contributed by atoms with Crippen LogP contribution in [0, 0.1) is 0 Å². The summed E-state index contributed by atoms with van der Waals surface area (Å²) in [5, 5.41) is 4.07. The van der Waals surface area contributed by atoms with Crippen LogP contribution in [0.25, 0.3) is 0 Å². The monoisotopic (exact) mass is 264 g/mol. The average molecular weight is 265 g/mol. The van der Waals surface area contributed by atoms with Crippen LogP contribution in [0.3, 0.4) is 0 Å². The quantitative estimate of drug-likeness (QED) is 0.757. The lowest BCUT2D eigenvalue weighted by atomic mass is 10.3. The molecule has 1 rings (SSSR count). The fourth-order valence-electron chi connectivity index (χ4n) is 0.990. The van der Waals surface area contributed by atoms with E-state index in [-0.39, 0.29) is 6.29 Å². The van der Waals surface area contributed by atoms with Crippen LogP contribution in [0.1, 0.15) is 25.7 Å². The minimum Gasteiger partial charge on any atom is -0.349 e. The largest absolute Gasteiger partial charge is 0.349 e. The third-order valence-electron chi connectivity index (χ3n) is 1.53. The van der Waals surface area contributed by atoms with E-state index in [0.717, 1.165) is 10.0 Å². The Morgan fingerprint density at radius 3 is 2.31 bits per heavy atom. The standard InChI is InChI=1S/C9H13BrO2S/c1-3-11-9(12-4-2)7-5-13-6-8(7)10/h5-6,9H,3-4H2,1-2H3. The summed E-state index contributed by atoms with van der Waals surface area (Å²) < 4.78 is 12.0. The van der Waals surface area contributed by atoms with Crippen LogP contribution in [-0.4, -0.2) is 13.2 Å². The topological polar surface area (TPSA) is 18.5 Å². The van der Waals surface area contributed by atoms with Crippen molar-refractivity contribution in [1.82, 2.24) is 0 Å². The molecule has 0 spiro atoms. The van der Waals surface area contributed by atoms with E-state index in [1.165, 1.54) is 0 Å². The van der Waals surface area contributed by atoms with Crippen molar-refractivity contribution in [1.29, 1.82) is 0 Å². The number of hydrogen-bond acceptors (Lipinski definition) is 3. The van der Waals surface area contributed by atoms with Gasteiger partial charge in [-0.1, -0.05) is 0 Å². The third-order valence-corrected chi connectivity index (χ3v) is 3.28. The second-order valence-corrected chi connectivity index (χ2v) is 4.02. The molecule has 0 aliphatic heterocycles. The Morgan fingerprint density at radius 2 is 1.92 bits per heavy atom. The van der Waals surface area contributed by atoms with Crippen molar-refractivity contribution in [2.45, 2.75) is 20.1 Å². The summed E-state index contributed by atoms with van der Waals surface area (Å²) in [6, 6.07) is 0. The molecule has 0 saturated heterocycles. The van der Waals surface area contributed by atoms with Gasteiger partial charge in [0, 0.05) is 34.0 Å². The lowest BCUT2D eigenvalue weighted by Gasteiger charge is -2.16. The van der Waals surface area contributed by atoms with E-state index in [1.807, 2.05) is 24.6 Å². The molecule has 0 saturated carbocycles. The average Bonchev–Trinajstić information content (AvgIpc) is 2.51. The zero-order valence-electron chi connectivity index (χ0n) is 7.75. The van der Waals surface area contributed by atoms with Crippen LogP contribution in [0.15, 0.2) is 15.2 Å². The molecule has 1 aromatic rings. The molecule has 0 aromatic carbocycles. The minimum absolute atomic E-state index is 0.226. The Bertz CT molecular complexity index is 244. The fourth-order valence-corrected chi connectivity index (χ4v) is 2.47. The van der Waals surface area contributed by atoms with Gasteiger partial charge in [-0.05, 0) is 29.8 Å². The van der Waals surface area contributed by atoms with Crippen molar-refractivity contribution in [2.24, 2.45) is 0 Å². The van der Waals surface area contributed by atoms with Crippen LogP contribution in [0.2, 0.25) is 0 Å². The third kappa shape index (κ3) is 3.06. The number of hydrogen-bond donors (Lipinski definition) is 0. The van der Waals surface area contributed by atoms with Gasteiger partial charge < -0.3 is 9.47 Å². The first-order valence-electron chi connectivity index (χ1n) is 4.24. The van der Waals surface area contributed by atoms with Gasteiger partial charge in [0.05, 0.1) is 0 Å². The molecule has 0 fully saturated rings. The number of thiophene rings is 1. The van der Waals surface area contributed by atoms with E-state index in [0.29, 0.717) is 13.2 Å². The normalized spacial score (nSPS) is 11.1. The number of ether oxygens (including phenoxy) is 2. The molecule has 1 heterocycles. The second kappa shape index (κ2) is 5.75. The molecule has 0 radical (unpaired) electrons. The second-order valence-electron chi connectivity index (χ2n) is 2.42. The van der Waals surface area contributed by atoms with Gasteiger partial charge in [0.2, 0.25) is 0 Å². The lowest BCUT2D eigenvalue weighted by Crippen LogP contribution is -2.08. The van der Waals surface area contributed by atoms with Gasteiger partial charge in [-0.25, -0.2) is 0 Å². The maximum Gasteiger partial charge on any atom is 0.185 e. The summed E-state index contributed by atoms with van der Waals surface area (Å²) in [4.78, 5) is 0. The molecule has 74 valence electrons. The Kier molecular flexibility index (Phi) is 4.94. The van der Waals surface area contributed by atoms with Gasteiger partial charge in [0.1, 0.15) is 0 Å². The van der Waals surface area contributed by atoms with Crippen LogP contribution in [0.5, 0.6) is 0 Å². The van der Waals surface area contributed by atoms with Gasteiger partial charge in [0.15, 0.2) is 6.29 Å². The molecule has 2 nitrogen and oxygen atoms in total. The van der Waals surface area contributed by atoms with Crippen LogP contribution < -0.4 is 0 Å². The highest BCUT2D eigenvalue weighted by Gasteiger charge is 2.14. The lowest BCUT2D eigenvalue weighted by molar-refractivity contribution is -0.140. The van der Waals surface area contributed by atoms with Crippen molar-refractivity contribution < 1.29 is 9.47 Å². The van der Waals surface area contributed by atoms with Gasteiger partial charge >= 0.3 is 0 Å². The van der Waals surface area contributed by atoms with Crippen molar-refractivity contribution in [2.75, 3.05) is 13.2 Å². The van der Waals surface area contributed by atoms with E-state index in [1.54, 1.807) is 11.3 Å². The highest BCUT2D eigenvalue weighted by molar-refractivity contribution is 9.10. The van der Waals surface area contributed by atoms with Crippen molar-refractivity contribution >= 4 is 27.3 Å². The summed E-state index contributed by atoms with van der Waals surface area (Å²) >= 11 is 5.10. The molecule has 0 amide bonds. The van der Waals surface area contributed by atoms with Crippen LogP contribution in [-0.2, 0) is 9.47 Å². The van der Waals surface area contributed by atoms with Crippen molar-refractivity contribution in [3.63, 3.8) is 0 Å². The van der Waals surface area contributed by atoms with Crippen LogP contribution in [0.4, 0.5) is 0 Å². The Labute approximate surface area is 91.0 Å². The molecule has 1 aromatic heterocycles. The summed E-state index contributed by atoms with van der Waals surface area (Å²) in [5.74, 6) is 0. The summed E-state index contributed by atoms with van der Waals surface area (Å²) in [6.45, 7) is 5.25. The SMILES string of the molecule is CCOC(OCC)c1cscc1Br. The summed E-state index contributed by atoms with van der Waals surface area (Å²) in [7, 11) is 0. The van der Waals surface area contributed by atoms with E-state index in [9.17, 15) is 0 Å². The minimum atomic E-state index is -0.226. The van der Waals surface area contributed by atoms with Gasteiger partial charge in [-0.15, -0.1) is 0 Å². The van der Waals surface area contributed by atoms with E-state index < -0.39 is 0 Å². The molecular formula is C9H13BrO2S. The van der Waals surface area contributed by atoms with Crippen molar-refractivity contribution in [3.05, 3.63) is 20.8 Å². The van der Waals surface area contributed by atoms with Gasteiger partial charge in [0.25, 0.3) is 0 Å². The predicted octanol–water partition coefficient (Wildman–Crippen LogP) is 3.58. The maximum atomic E-state index is 5.46. The number of rotatable bonds is 5. The summed E-state index contributed by atoms with van der Waals surface area (Å²) in [6.07, 6.45) is -0.226. The molecule has 0 unspecified atom stereocenters. The fraction of sp³-hybridized carbons (Fsp3) is 0.556. The highest BCUT2D eigenvalue weighted by Crippen LogP contribution is 2.30. The first-order valence-corrected chi connectivity index (χ1v) is 5.98. The number of halogens is 1. The highest BCUT2D eigenvalue weighted by atomic mass is 79.9.